The van der Waals surface area contributed by atoms with Gasteiger partial charge < -0.3 is 19.5 Å². The van der Waals surface area contributed by atoms with Gasteiger partial charge in [-0.2, -0.15) is 13.2 Å². The molecule has 1 aliphatic heterocycles. The Bertz CT molecular complexity index is 1310. The van der Waals surface area contributed by atoms with E-state index in [9.17, 15) is 33.0 Å². The predicted octanol–water partition coefficient (Wildman–Crippen LogP) is 2.79. The summed E-state index contributed by atoms with van der Waals surface area (Å²) in [6, 6.07) is 0.212. The van der Waals surface area contributed by atoms with Crippen LogP contribution in [-0.4, -0.2) is 54.2 Å². The zero-order chi connectivity index (χ0) is 23.7. The van der Waals surface area contributed by atoms with Crippen molar-refractivity contribution in [1.82, 2.24) is 18.9 Å². The number of nitrogens with zero attached hydrogens (tertiary/aromatic N) is 4. The van der Waals surface area contributed by atoms with Crippen LogP contribution in [0.3, 0.4) is 0 Å². The van der Waals surface area contributed by atoms with Crippen molar-refractivity contribution in [2.24, 2.45) is 0 Å². The molecule has 0 bridgehead atoms. The number of oxazole rings is 1. The molecule has 0 aromatic carbocycles. The molecule has 0 spiro atoms. The first-order chi connectivity index (χ1) is 15.6. The average Bonchev–Trinajstić information content (AvgIpc) is 3.49. The minimum absolute atomic E-state index is 0.0186. The van der Waals surface area contributed by atoms with Crippen LogP contribution in [0.2, 0.25) is 5.15 Å². The van der Waals surface area contributed by atoms with Gasteiger partial charge in [0.2, 0.25) is 5.88 Å². The maximum Gasteiger partial charge on any atom is 0.422 e. The lowest BCUT2D eigenvalue weighted by Crippen LogP contribution is -2.48. The molecule has 2 N–H and O–H groups in total. The second-order valence-electron chi connectivity index (χ2n) is 8.31. The fourth-order valence-electron chi connectivity index (χ4n) is 4.29. The number of carbonyl (C=O) groups excluding carboxylic acids is 1. The first-order valence-electron chi connectivity index (χ1n) is 10.2. The molecule has 13 heteroatoms. The highest BCUT2D eigenvalue weighted by Gasteiger charge is 2.39. The summed E-state index contributed by atoms with van der Waals surface area (Å²) < 4.78 is 47.6. The molecule has 2 atom stereocenters. The lowest BCUT2D eigenvalue weighted by molar-refractivity contribution is -0.136. The van der Waals surface area contributed by atoms with Crippen molar-refractivity contribution in [2.45, 2.75) is 43.5 Å². The second kappa shape index (κ2) is 7.52. The number of hydrogen-bond donors (Lipinski definition) is 2. The molecular formula is C20H18ClF3N4O5. The molecule has 176 valence electrons. The Labute approximate surface area is 188 Å². The highest BCUT2D eigenvalue weighted by molar-refractivity contribution is 6.33. The van der Waals surface area contributed by atoms with Crippen LogP contribution in [0.4, 0.5) is 13.2 Å². The van der Waals surface area contributed by atoms with E-state index in [0.717, 1.165) is 34.1 Å². The molecule has 33 heavy (non-hydrogen) atoms. The van der Waals surface area contributed by atoms with Crippen LogP contribution in [0.5, 0.6) is 5.88 Å². The summed E-state index contributed by atoms with van der Waals surface area (Å²) in [5.41, 5.74) is -1.31. The van der Waals surface area contributed by atoms with Gasteiger partial charge in [-0.3, -0.25) is 9.20 Å². The van der Waals surface area contributed by atoms with E-state index in [-0.39, 0.29) is 36.3 Å². The molecule has 3 aromatic heterocycles. The van der Waals surface area contributed by atoms with Crippen molar-refractivity contribution < 1.29 is 32.6 Å². The van der Waals surface area contributed by atoms with E-state index >= 15 is 0 Å². The molecule has 3 aromatic rings. The number of imidazole rings is 1. The summed E-state index contributed by atoms with van der Waals surface area (Å²) in [4.78, 5) is 30.0. The SMILES string of the molecule is O=C(c1nc2c(C(F)(F)F)cc(C3CC3)cn2c1Cl)N1CCC(n2c(O)coc2=O)C(O)C1. The smallest absolute Gasteiger partial charge is 0.422 e. The topological polar surface area (TPSA) is 113 Å². The van der Waals surface area contributed by atoms with Crippen LogP contribution in [0.25, 0.3) is 5.65 Å². The van der Waals surface area contributed by atoms with Crippen LogP contribution in [0.15, 0.2) is 27.7 Å². The lowest BCUT2D eigenvalue weighted by atomic mass is 10.0. The van der Waals surface area contributed by atoms with Gasteiger partial charge >= 0.3 is 11.9 Å². The Morgan fingerprint density at radius 3 is 2.58 bits per heavy atom. The first kappa shape index (κ1) is 21.8. The van der Waals surface area contributed by atoms with Crippen molar-refractivity contribution in [1.29, 1.82) is 0 Å². The number of pyridine rings is 1. The monoisotopic (exact) mass is 486 g/mol. The number of fused-ring (bicyclic) bond motifs is 1. The normalized spacial score (nSPS) is 21.7. The number of likely N-dealkylation sites (tertiary alicyclic amines) is 1. The van der Waals surface area contributed by atoms with Crippen molar-refractivity contribution in [3.63, 3.8) is 0 Å². The van der Waals surface area contributed by atoms with Crippen molar-refractivity contribution in [3.8, 4) is 5.88 Å². The fourth-order valence-corrected chi connectivity index (χ4v) is 4.55. The third kappa shape index (κ3) is 3.66. The second-order valence-corrected chi connectivity index (χ2v) is 8.67. The van der Waals surface area contributed by atoms with E-state index in [4.69, 9.17) is 11.6 Å². The number of carbonyl (C=O) groups is 1. The minimum Gasteiger partial charge on any atom is -0.492 e. The summed E-state index contributed by atoms with van der Waals surface area (Å²) in [6.45, 7) is -0.203. The number of aromatic nitrogens is 3. The number of β-amino-alcohol motifs (C(OH)–C–C–N with tert-alkyl or cyclic N) is 1. The number of piperidine rings is 1. The fraction of sp³-hybridized carbons (Fsp3) is 0.450. The molecule has 1 amide bonds. The molecule has 1 saturated carbocycles. The van der Waals surface area contributed by atoms with Crippen LogP contribution < -0.4 is 5.76 Å². The number of alkyl halides is 3. The Kier molecular flexibility index (Phi) is 4.98. The summed E-state index contributed by atoms with van der Waals surface area (Å²) in [6.07, 6.45) is -1.96. The zero-order valence-corrected chi connectivity index (χ0v) is 17.7. The summed E-state index contributed by atoms with van der Waals surface area (Å²) in [7, 11) is 0. The molecule has 5 rings (SSSR count). The van der Waals surface area contributed by atoms with Gasteiger partial charge in [0, 0.05) is 19.3 Å². The van der Waals surface area contributed by atoms with Crippen LogP contribution in [-0.2, 0) is 6.18 Å². The van der Waals surface area contributed by atoms with E-state index in [1.54, 1.807) is 0 Å². The van der Waals surface area contributed by atoms with Crippen molar-refractivity contribution in [2.75, 3.05) is 13.1 Å². The van der Waals surface area contributed by atoms with Crippen LogP contribution in [0.1, 0.15) is 52.8 Å². The molecule has 1 saturated heterocycles. The molecule has 1 aliphatic carbocycles. The van der Waals surface area contributed by atoms with E-state index < -0.39 is 47.1 Å². The minimum atomic E-state index is -4.68. The van der Waals surface area contributed by atoms with E-state index in [0.29, 0.717) is 5.56 Å². The van der Waals surface area contributed by atoms with Crippen molar-refractivity contribution >= 4 is 23.2 Å². The van der Waals surface area contributed by atoms with Gasteiger partial charge in [0.25, 0.3) is 5.91 Å². The number of rotatable bonds is 3. The molecule has 9 nitrogen and oxygen atoms in total. The zero-order valence-electron chi connectivity index (χ0n) is 16.9. The van der Waals surface area contributed by atoms with Crippen LogP contribution >= 0.6 is 11.6 Å². The molecule has 4 heterocycles. The summed E-state index contributed by atoms with van der Waals surface area (Å²) in [5.74, 6) is -2.04. The standard InChI is InChI=1S/C20H18ClF3N4O5/c21-16-15(25-17-11(20(22,23)24)5-10(6-27(16)17)9-1-2-9)18(31)26-4-3-12(13(29)7-26)28-14(30)8-33-19(28)32/h5-6,8-9,12-13,29-30H,1-4,7H2. The highest BCUT2D eigenvalue weighted by Crippen LogP contribution is 2.43. The maximum absolute atomic E-state index is 13.7. The molecular weight excluding hydrogens is 469 g/mol. The number of aliphatic hydroxyl groups is 1. The predicted molar refractivity (Wildman–Crippen MR) is 107 cm³/mol. The largest absolute Gasteiger partial charge is 0.492 e. The third-order valence-electron chi connectivity index (χ3n) is 6.11. The summed E-state index contributed by atoms with van der Waals surface area (Å²) in [5, 5.41) is 20.0. The summed E-state index contributed by atoms with van der Waals surface area (Å²) >= 11 is 6.31. The molecule has 2 aliphatic rings. The number of hydrogen-bond acceptors (Lipinski definition) is 6. The van der Waals surface area contributed by atoms with E-state index in [2.05, 4.69) is 9.40 Å². The number of aliphatic hydroxyl groups excluding tert-OH is 1. The Morgan fingerprint density at radius 1 is 1.27 bits per heavy atom. The maximum atomic E-state index is 13.7. The Balaban J connectivity index is 1.47. The van der Waals surface area contributed by atoms with Crippen LogP contribution in [0, 0.1) is 0 Å². The Hall–Kier alpha value is -2.99. The Morgan fingerprint density at radius 2 is 2.00 bits per heavy atom. The third-order valence-corrected chi connectivity index (χ3v) is 6.47. The van der Waals surface area contributed by atoms with Gasteiger partial charge in [0.15, 0.2) is 17.6 Å². The average molecular weight is 487 g/mol. The van der Waals surface area contributed by atoms with Gasteiger partial charge in [-0.05, 0) is 36.8 Å². The number of halogens is 4. The van der Waals surface area contributed by atoms with Gasteiger partial charge in [-0.15, -0.1) is 0 Å². The van der Waals surface area contributed by atoms with Gasteiger partial charge in [-0.25, -0.2) is 14.3 Å². The van der Waals surface area contributed by atoms with E-state index in [1.165, 1.54) is 11.1 Å². The lowest BCUT2D eigenvalue weighted by Gasteiger charge is -2.35. The van der Waals surface area contributed by atoms with E-state index in [1.807, 2.05) is 0 Å². The molecule has 2 unspecified atom stereocenters. The highest BCUT2D eigenvalue weighted by atomic mass is 35.5. The number of aromatic hydroxyl groups is 1. The van der Waals surface area contributed by atoms with Gasteiger partial charge in [0.05, 0.1) is 17.7 Å². The molecule has 2 fully saturated rings. The quantitative estimate of drug-likeness (QED) is 0.588. The van der Waals surface area contributed by atoms with Crippen molar-refractivity contribution in [3.05, 3.63) is 51.1 Å². The first-order valence-corrected chi connectivity index (χ1v) is 10.6. The van der Waals surface area contributed by atoms with Gasteiger partial charge in [-0.1, -0.05) is 11.6 Å². The van der Waals surface area contributed by atoms with Gasteiger partial charge in [0.1, 0.15) is 5.15 Å². The number of amides is 1. The molecule has 0 radical (unpaired) electrons.